The molecule has 2 unspecified atom stereocenters. The van der Waals surface area contributed by atoms with E-state index in [0.717, 1.165) is 42.4 Å². The molecule has 0 bridgehead atoms. The predicted molar refractivity (Wildman–Crippen MR) is 125 cm³/mol. The summed E-state index contributed by atoms with van der Waals surface area (Å²) in [5, 5.41) is 3.64. The average molecular weight is 463 g/mol. The van der Waals surface area contributed by atoms with E-state index in [4.69, 9.17) is 4.74 Å². The second-order valence-corrected chi connectivity index (χ2v) is 9.01. The third-order valence-corrected chi connectivity index (χ3v) is 7.25. The van der Waals surface area contributed by atoms with E-state index >= 15 is 0 Å². The van der Waals surface area contributed by atoms with Crippen LogP contribution < -0.4 is 10.1 Å². The number of fused-ring (bicyclic) bond motifs is 1. The van der Waals surface area contributed by atoms with Gasteiger partial charge >= 0.3 is 0 Å². The minimum Gasteiger partial charge on any atom is -0.481 e. The molecule has 34 heavy (non-hydrogen) atoms. The maximum absolute atomic E-state index is 14.5. The molecule has 0 aromatic carbocycles. The van der Waals surface area contributed by atoms with Crippen molar-refractivity contribution >= 4 is 11.7 Å². The number of hydrogen-bond donors (Lipinski definition) is 1. The summed E-state index contributed by atoms with van der Waals surface area (Å²) in [5.74, 6) is 0.530. The SMILES string of the molecule is COc1cc(C(C)C(=O)N2CC[C@@]3(CCc4cc(-c5ncccn5)cnc4N3)C2C)c(F)cn1. The van der Waals surface area contributed by atoms with Crippen molar-refractivity contribution in [3.63, 3.8) is 0 Å². The number of rotatable bonds is 4. The van der Waals surface area contributed by atoms with Crippen LogP contribution in [0, 0.1) is 5.82 Å². The van der Waals surface area contributed by atoms with Crippen molar-refractivity contribution in [2.24, 2.45) is 0 Å². The molecule has 3 atom stereocenters. The fourth-order valence-electron chi connectivity index (χ4n) is 5.12. The van der Waals surface area contributed by atoms with Gasteiger partial charge in [0, 0.05) is 42.3 Å². The van der Waals surface area contributed by atoms with E-state index in [1.165, 1.54) is 13.2 Å². The molecule has 1 amide bonds. The first kappa shape index (κ1) is 22.2. The van der Waals surface area contributed by atoms with Crippen molar-refractivity contribution in [2.75, 3.05) is 19.0 Å². The number of halogens is 1. The molecule has 176 valence electrons. The molecular weight excluding hydrogens is 435 g/mol. The van der Waals surface area contributed by atoms with Gasteiger partial charge < -0.3 is 15.0 Å². The normalized spacial score (nSPS) is 22.2. The summed E-state index contributed by atoms with van der Waals surface area (Å²) in [4.78, 5) is 32.5. The van der Waals surface area contributed by atoms with Crippen LogP contribution in [0.2, 0.25) is 0 Å². The highest BCUT2D eigenvalue weighted by atomic mass is 19.1. The Morgan fingerprint density at radius 1 is 1.21 bits per heavy atom. The van der Waals surface area contributed by atoms with E-state index in [2.05, 4.69) is 38.2 Å². The zero-order valence-corrected chi connectivity index (χ0v) is 19.5. The highest BCUT2D eigenvalue weighted by Gasteiger charge is 2.49. The highest BCUT2D eigenvalue weighted by molar-refractivity contribution is 5.84. The Morgan fingerprint density at radius 2 is 2.00 bits per heavy atom. The molecule has 0 saturated carbocycles. The molecule has 2 aliphatic heterocycles. The van der Waals surface area contributed by atoms with Gasteiger partial charge in [-0.3, -0.25) is 4.79 Å². The molecular formula is C25H27FN6O2. The number of aromatic nitrogens is 4. The molecule has 9 heteroatoms. The summed E-state index contributed by atoms with van der Waals surface area (Å²) in [7, 11) is 1.47. The molecule has 8 nitrogen and oxygen atoms in total. The number of likely N-dealkylation sites (tertiary alicyclic amines) is 1. The van der Waals surface area contributed by atoms with E-state index in [9.17, 15) is 9.18 Å². The van der Waals surface area contributed by atoms with E-state index in [-0.39, 0.29) is 17.5 Å². The highest BCUT2D eigenvalue weighted by Crippen LogP contribution is 2.41. The predicted octanol–water partition coefficient (Wildman–Crippen LogP) is 3.60. The standard InChI is InChI=1S/C25H27FN6O2/c1-15(19-12-21(34-3)29-14-20(19)26)24(33)32-10-7-25(16(32)2)6-5-17-11-18(13-30-23(17)31-25)22-27-8-4-9-28-22/h4,8-9,11-16H,5-7,10H2,1-3H3,(H,30,31)/t15?,16?,25-/m0/s1. The van der Waals surface area contributed by atoms with Gasteiger partial charge in [-0.05, 0) is 50.8 Å². The molecule has 2 aliphatic rings. The number of carbonyl (C=O) groups excluding carboxylic acids is 1. The van der Waals surface area contributed by atoms with Crippen LogP contribution in [0.3, 0.4) is 0 Å². The van der Waals surface area contributed by atoms with E-state index in [0.29, 0.717) is 23.8 Å². The largest absolute Gasteiger partial charge is 0.481 e. The fourth-order valence-corrected chi connectivity index (χ4v) is 5.12. The average Bonchev–Trinajstić information content (AvgIpc) is 3.18. The zero-order valence-electron chi connectivity index (χ0n) is 19.5. The molecule has 0 radical (unpaired) electrons. The number of pyridine rings is 2. The second-order valence-electron chi connectivity index (χ2n) is 9.01. The smallest absolute Gasteiger partial charge is 0.230 e. The minimum atomic E-state index is -0.642. The number of anilines is 1. The van der Waals surface area contributed by atoms with Gasteiger partial charge in [0.1, 0.15) is 11.6 Å². The van der Waals surface area contributed by atoms with Gasteiger partial charge in [0.2, 0.25) is 11.8 Å². The van der Waals surface area contributed by atoms with Gasteiger partial charge in [0.25, 0.3) is 0 Å². The summed E-state index contributed by atoms with van der Waals surface area (Å²) >= 11 is 0. The Balaban J connectivity index is 1.35. The zero-order chi connectivity index (χ0) is 23.9. The van der Waals surface area contributed by atoms with Crippen molar-refractivity contribution in [2.45, 2.75) is 50.6 Å². The number of ether oxygens (including phenoxy) is 1. The van der Waals surface area contributed by atoms with Gasteiger partial charge in [0.05, 0.1) is 30.8 Å². The molecule has 1 saturated heterocycles. The Hall–Kier alpha value is -3.62. The lowest BCUT2D eigenvalue weighted by Gasteiger charge is -2.41. The number of nitrogens with zero attached hydrogens (tertiary/aromatic N) is 5. The van der Waals surface area contributed by atoms with Gasteiger partial charge in [-0.2, -0.15) is 0 Å². The summed E-state index contributed by atoms with van der Waals surface area (Å²) < 4.78 is 19.6. The lowest BCUT2D eigenvalue weighted by atomic mass is 9.81. The van der Waals surface area contributed by atoms with Crippen molar-refractivity contribution < 1.29 is 13.9 Å². The Labute approximate surface area is 197 Å². The Morgan fingerprint density at radius 3 is 2.76 bits per heavy atom. The first-order chi connectivity index (χ1) is 16.4. The molecule has 1 fully saturated rings. The molecule has 1 N–H and O–H groups in total. The first-order valence-corrected chi connectivity index (χ1v) is 11.5. The van der Waals surface area contributed by atoms with Gasteiger partial charge in [-0.15, -0.1) is 0 Å². The number of methoxy groups -OCH3 is 1. The van der Waals surface area contributed by atoms with Crippen LogP contribution >= 0.6 is 0 Å². The third kappa shape index (κ3) is 3.74. The number of hydrogen-bond acceptors (Lipinski definition) is 7. The molecule has 3 aromatic rings. The van der Waals surface area contributed by atoms with Crippen molar-refractivity contribution in [3.8, 4) is 17.3 Å². The number of amides is 1. The van der Waals surface area contributed by atoms with Crippen molar-refractivity contribution in [1.29, 1.82) is 0 Å². The maximum Gasteiger partial charge on any atom is 0.230 e. The van der Waals surface area contributed by atoms with Gasteiger partial charge in [0.15, 0.2) is 5.82 Å². The van der Waals surface area contributed by atoms with Gasteiger partial charge in [-0.25, -0.2) is 24.3 Å². The molecule has 5 heterocycles. The van der Waals surface area contributed by atoms with Crippen LogP contribution in [0.1, 0.15) is 43.7 Å². The summed E-state index contributed by atoms with van der Waals surface area (Å²) in [6.45, 7) is 4.40. The van der Waals surface area contributed by atoms with E-state index < -0.39 is 11.7 Å². The van der Waals surface area contributed by atoms with Crippen LogP contribution in [-0.2, 0) is 11.2 Å². The quantitative estimate of drug-likeness (QED) is 0.633. The van der Waals surface area contributed by atoms with Crippen LogP contribution in [0.25, 0.3) is 11.4 Å². The molecule has 1 spiro atoms. The second kappa shape index (κ2) is 8.62. The Kier molecular flexibility index (Phi) is 5.63. The van der Waals surface area contributed by atoms with Crippen LogP contribution in [0.15, 0.2) is 43.0 Å². The van der Waals surface area contributed by atoms with Gasteiger partial charge in [-0.1, -0.05) is 0 Å². The van der Waals surface area contributed by atoms with Crippen molar-refractivity contribution in [1.82, 2.24) is 24.8 Å². The Bertz CT molecular complexity index is 1220. The monoisotopic (exact) mass is 462 g/mol. The van der Waals surface area contributed by atoms with E-state index in [1.807, 2.05) is 4.90 Å². The number of nitrogens with one attached hydrogen (secondary N) is 1. The van der Waals surface area contributed by atoms with Crippen LogP contribution in [0.4, 0.5) is 10.2 Å². The number of aryl methyl sites for hydroxylation is 1. The number of carbonyl (C=O) groups is 1. The summed E-state index contributed by atoms with van der Waals surface area (Å²) in [6.07, 6.45) is 8.84. The maximum atomic E-state index is 14.5. The summed E-state index contributed by atoms with van der Waals surface area (Å²) in [6, 6.07) is 5.31. The van der Waals surface area contributed by atoms with E-state index in [1.54, 1.807) is 31.6 Å². The first-order valence-electron chi connectivity index (χ1n) is 11.5. The topological polar surface area (TPSA) is 93.1 Å². The molecule has 0 aliphatic carbocycles. The minimum absolute atomic E-state index is 0.0682. The lowest BCUT2D eigenvalue weighted by Crippen LogP contribution is -2.52. The molecule has 3 aromatic heterocycles. The van der Waals surface area contributed by atoms with Crippen LogP contribution in [-0.4, -0.2) is 56.0 Å². The lowest BCUT2D eigenvalue weighted by molar-refractivity contribution is -0.133. The molecule has 5 rings (SSSR count). The summed E-state index contributed by atoms with van der Waals surface area (Å²) in [5.41, 5.74) is 2.03. The fraction of sp³-hybridized carbons (Fsp3) is 0.400. The van der Waals surface area contributed by atoms with Crippen molar-refractivity contribution in [3.05, 3.63) is 59.9 Å². The van der Waals surface area contributed by atoms with Crippen LogP contribution in [0.5, 0.6) is 5.88 Å². The third-order valence-electron chi connectivity index (χ3n) is 7.25.